The fourth-order valence-corrected chi connectivity index (χ4v) is 4.00. The topological polar surface area (TPSA) is 91.9 Å². The highest BCUT2D eigenvalue weighted by Crippen LogP contribution is 2.39. The van der Waals surface area contributed by atoms with Crippen LogP contribution in [0.4, 0.5) is 11.4 Å². The average molecular weight is 401 g/mol. The molecule has 2 aliphatic rings. The summed E-state index contributed by atoms with van der Waals surface area (Å²) in [6.07, 6.45) is 4.54. The Balaban J connectivity index is 1.59. The smallest absolute Gasteiger partial charge is 0.256 e. The minimum Gasteiger partial charge on any atom is -0.474 e. The number of carbonyl (C=O) groups is 1. The zero-order valence-electron chi connectivity index (χ0n) is 17.2. The number of nitrogens with zero attached hydrogens (tertiary/aromatic N) is 2. The summed E-state index contributed by atoms with van der Waals surface area (Å²) in [6, 6.07) is 6.01. The van der Waals surface area contributed by atoms with Gasteiger partial charge in [0.15, 0.2) is 0 Å². The Morgan fingerprint density at radius 1 is 1.23 bits per heavy atom. The number of benzene rings is 1. The number of amides is 1. The standard InChI is InChI=1S/C23H23N5O2/c1-4-20-26-13(3)19(27-20)10-16-15-9-14(5-6-18(15)28-22(16)29)17-11-25-23-21(12(17)2)24-7-8-30-23/h5-6,9-11,24H,4,7-8H2,1-3H3,(H,26,27)(H,28,29)/b16-10-. The van der Waals surface area contributed by atoms with Crippen LogP contribution >= 0.6 is 0 Å². The van der Waals surface area contributed by atoms with Crippen molar-refractivity contribution in [2.75, 3.05) is 23.8 Å². The van der Waals surface area contributed by atoms with Gasteiger partial charge in [0.2, 0.25) is 5.88 Å². The van der Waals surface area contributed by atoms with Crippen LogP contribution in [0.25, 0.3) is 22.8 Å². The molecule has 0 fully saturated rings. The van der Waals surface area contributed by atoms with E-state index >= 15 is 0 Å². The van der Waals surface area contributed by atoms with Crippen molar-refractivity contribution >= 4 is 28.9 Å². The second kappa shape index (κ2) is 7.02. The van der Waals surface area contributed by atoms with E-state index in [1.165, 1.54) is 0 Å². The first kappa shape index (κ1) is 18.4. The average Bonchev–Trinajstić information content (AvgIpc) is 3.27. The molecule has 0 bridgehead atoms. The number of aryl methyl sites for hydroxylation is 2. The Morgan fingerprint density at radius 2 is 2.10 bits per heavy atom. The molecule has 4 heterocycles. The van der Waals surface area contributed by atoms with Crippen molar-refractivity contribution in [3.63, 3.8) is 0 Å². The highest BCUT2D eigenvalue weighted by molar-refractivity contribution is 6.35. The molecule has 5 rings (SSSR count). The molecule has 152 valence electrons. The molecule has 0 saturated carbocycles. The maximum atomic E-state index is 12.7. The molecule has 30 heavy (non-hydrogen) atoms. The number of carbonyl (C=O) groups excluding carboxylic acids is 1. The molecule has 7 nitrogen and oxygen atoms in total. The Kier molecular flexibility index (Phi) is 4.31. The summed E-state index contributed by atoms with van der Waals surface area (Å²) in [5.41, 5.74) is 8.11. The lowest BCUT2D eigenvalue weighted by atomic mass is 9.96. The van der Waals surface area contributed by atoms with Gasteiger partial charge in [-0.05, 0) is 43.2 Å². The molecule has 1 amide bonds. The molecular formula is C23H23N5O2. The molecule has 0 atom stereocenters. The number of fused-ring (bicyclic) bond motifs is 2. The summed E-state index contributed by atoms with van der Waals surface area (Å²) >= 11 is 0. The summed E-state index contributed by atoms with van der Waals surface area (Å²) in [5, 5.41) is 6.34. The first-order valence-corrected chi connectivity index (χ1v) is 10.1. The van der Waals surface area contributed by atoms with Gasteiger partial charge in [-0.1, -0.05) is 13.0 Å². The molecule has 7 heteroatoms. The molecule has 0 unspecified atom stereocenters. The zero-order valence-corrected chi connectivity index (χ0v) is 17.2. The van der Waals surface area contributed by atoms with Crippen LogP contribution < -0.4 is 15.4 Å². The number of aromatic nitrogens is 3. The van der Waals surface area contributed by atoms with Crippen LogP contribution in [-0.2, 0) is 11.2 Å². The normalized spacial score (nSPS) is 16.0. The molecule has 3 aromatic rings. The predicted molar refractivity (Wildman–Crippen MR) is 118 cm³/mol. The Hall–Kier alpha value is -3.61. The third-order valence-electron chi connectivity index (χ3n) is 5.65. The highest BCUT2D eigenvalue weighted by Gasteiger charge is 2.26. The minimum absolute atomic E-state index is 0.107. The van der Waals surface area contributed by atoms with Gasteiger partial charge in [-0.25, -0.2) is 9.97 Å². The van der Waals surface area contributed by atoms with E-state index in [2.05, 4.69) is 32.5 Å². The summed E-state index contributed by atoms with van der Waals surface area (Å²) < 4.78 is 5.64. The molecule has 0 spiro atoms. The monoisotopic (exact) mass is 401 g/mol. The maximum Gasteiger partial charge on any atom is 0.256 e. The lowest BCUT2D eigenvalue weighted by Crippen LogP contribution is -2.20. The van der Waals surface area contributed by atoms with Gasteiger partial charge in [0, 0.05) is 36.0 Å². The Bertz CT molecular complexity index is 1210. The number of pyridine rings is 1. The van der Waals surface area contributed by atoms with Crippen molar-refractivity contribution < 1.29 is 9.53 Å². The lowest BCUT2D eigenvalue weighted by Gasteiger charge is -2.21. The number of nitrogens with one attached hydrogen (secondary N) is 3. The molecule has 2 aliphatic heterocycles. The van der Waals surface area contributed by atoms with E-state index in [1.54, 1.807) is 0 Å². The number of aromatic amines is 1. The van der Waals surface area contributed by atoms with E-state index < -0.39 is 0 Å². The quantitative estimate of drug-likeness (QED) is 0.578. The third kappa shape index (κ3) is 2.94. The number of rotatable bonds is 3. The number of hydrogen-bond acceptors (Lipinski definition) is 5. The number of imidazole rings is 1. The van der Waals surface area contributed by atoms with Gasteiger partial charge < -0.3 is 20.4 Å². The SMILES string of the molecule is CCc1nc(C)c(/C=C2\C(=O)Nc3ccc(-c4cnc5c(c4C)NCCO5)cc32)[nH]1. The summed E-state index contributed by atoms with van der Waals surface area (Å²) in [7, 11) is 0. The lowest BCUT2D eigenvalue weighted by molar-refractivity contribution is -0.110. The van der Waals surface area contributed by atoms with Crippen LogP contribution in [0.5, 0.6) is 5.88 Å². The van der Waals surface area contributed by atoms with Gasteiger partial charge in [0.25, 0.3) is 5.91 Å². The Morgan fingerprint density at radius 3 is 2.90 bits per heavy atom. The van der Waals surface area contributed by atoms with Crippen LogP contribution in [0.15, 0.2) is 24.4 Å². The fraction of sp³-hybridized carbons (Fsp3) is 0.261. The molecule has 0 radical (unpaired) electrons. The van der Waals surface area contributed by atoms with Gasteiger partial charge in [-0.2, -0.15) is 0 Å². The van der Waals surface area contributed by atoms with Crippen LogP contribution in [-0.4, -0.2) is 34.0 Å². The summed E-state index contributed by atoms with van der Waals surface area (Å²) in [4.78, 5) is 25.0. The third-order valence-corrected chi connectivity index (χ3v) is 5.65. The minimum atomic E-state index is -0.107. The van der Waals surface area contributed by atoms with E-state index in [0.717, 1.165) is 63.8 Å². The fourth-order valence-electron chi connectivity index (χ4n) is 4.00. The number of H-pyrrole nitrogens is 1. The van der Waals surface area contributed by atoms with Crippen molar-refractivity contribution in [1.29, 1.82) is 0 Å². The van der Waals surface area contributed by atoms with Gasteiger partial charge in [-0.15, -0.1) is 0 Å². The molecule has 3 N–H and O–H groups in total. The highest BCUT2D eigenvalue weighted by atomic mass is 16.5. The van der Waals surface area contributed by atoms with Crippen molar-refractivity contribution in [2.45, 2.75) is 27.2 Å². The van der Waals surface area contributed by atoms with E-state index in [0.29, 0.717) is 18.1 Å². The second-order valence-electron chi connectivity index (χ2n) is 7.56. The summed E-state index contributed by atoms with van der Waals surface area (Å²) in [5.74, 6) is 1.45. The number of hydrogen-bond donors (Lipinski definition) is 3. The second-order valence-corrected chi connectivity index (χ2v) is 7.56. The van der Waals surface area contributed by atoms with E-state index in [9.17, 15) is 4.79 Å². The largest absolute Gasteiger partial charge is 0.474 e. The first-order chi connectivity index (χ1) is 14.5. The van der Waals surface area contributed by atoms with Crippen LogP contribution in [0, 0.1) is 13.8 Å². The van der Waals surface area contributed by atoms with E-state index in [1.807, 2.05) is 44.3 Å². The Labute approximate surface area is 174 Å². The van der Waals surface area contributed by atoms with Gasteiger partial charge in [-0.3, -0.25) is 4.79 Å². The van der Waals surface area contributed by atoms with Crippen molar-refractivity contribution in [1.82, 2.24) is 15.0 Å². The molecule has 0 saturated heterocycles. The van der Waals surface area contributed by atoms with Gasteiger partial charge in [0.05, 0.1) is 17.0 Å². The predicted octanol–water partition coefficient (Wildman–Crippen LogP) is 3.95. The first-order valence-electron chi connectivity index (χ1n) is 10.1. The maximum absolute atomic E-state index is 12.7. The van der Waals surface area contributed by atoms with Crippen molar-refractivity contribution in [3.05, 3.63) is 52.7 Å². The number of anilines is 2. The van der Waals surface area contributed by atoms with E-state index in [-0.39, 0.29) is 5.91 Å². The number of ether oxygens (including phenoxy) is 1. The van der Waals surface area contributed by atoms with Gasteiger partial charge >= 0.3 is 0 Å². The van der Waals surface area contributed by atoms with Crippen LogP contribution in [0.1, 0.15) is 35.3 Å². The molecule has 2 aromatic heterocycles. The zero-order chi connectivity index (χ0) is 20.8. The molecular weight excluding hydrogens is 378 g/mol. The van der Waals surface area contributed by atoms with Crippen LogP contribution in [0.2, 0.25) is 0 Å². The molecule has 1 aromatic carbocycles. The van der Waals surface area contributed by atoms with Crippen molar-refractivity contribution in [2.24, 2.45) is 0 Å². The van der Waals surface area contributed by atoms with E-state index in [4.69, 9.17) is 4.74 Å². The summed E-state index contributed by atoms with van der Waals surface area (Å²) in [6.45, 7) is 7.44. The molecule has 0 aliphatic carbocycles. The van der Waals surface area contributed by atoms with Gasteiger partial charge in [0.1, 0.15) is 18.1 Å². The van der Waals surface area contributed by atoms with Crippen molar-refractivity contribution in [3.8, 4) is 17.0 Å². The van der Waals surface area contributed by atoms with Crippen LogP contribution in [0.3, 0.4) is 0 Å².